The third-order valence-electron chi connectivity index (χ3n) is 1.46. The molecule has 1 unspecified atom stereocenters. The van der Waals surface area contributed by atoms with Gasteiger partial charge in [-0.25, -0.2) is 0 Å². The molecular weight excluding hydrogens is 160 g/mol. The molecule has 0 aliphatic carbocycles. The van der Waals surface area contributed by atoms with Gasteiger partial charge in [0.25, 0.3) is 5.97 Å². The van der Waals surface area contributed by atoms with E-state index in [0.29, 0.717) is 5.54 Å². The normalized spacial score (nSPS) is 13.2. The summed E-state index contributed by atoms with van der Waals surface area (Å²) < 4.78 is 10.1. The Morgan fingerprint density at radius 1 is 1.64 bits per heavy atom. The monoisotopic (exact) mass is 175 g/mol. The molecule has 0 fully saturated rings. The first-order valence-corrected chi connectivity index (χ1v) is 5.10. The van der Waals surface area contributed by atoms with Crippen LogP contribution in [0, 0.1) is 0 Å². The minimum absolute atomic E-state index is 0.249. The fraction of sp³-hybridized carbons (Fsp3) is 0.857. The molecule has 4 heteroatoms. The van der Waals surface area contributed by atoms with E-state index in [1.54, 1.807) is 7.11 Å². The van der Waals surface area contributed by atoms with E-state index < -0.39 is 9.28 Å². The summed E-state index contributed by atoms with van der Waals surface area (Å²) in [4.78, 5) is 10.6. The van der Waals surface area contributed by atoms with Crippen LogP contribution in [-0.2, 0) is 13.6 Å². The van der Waals surface area contributed by atoms with Crippen LogP contribution in [0.5, 0.6) is 0 Å². The molecule has 0 aliphatic heterocycles. The Balaban J connectivity index is 3.84. The number of carbonyl (C=O) groups is 1. The summed E-state index contributed by atoms with van der Waals surface area (Å²) in [5.41, 5.74) is 0.355. The Hall–Kier alpha value is -0.353. The van der Waals surface area contributed by atoms with Crippen LogP contribution in [0.25, 0.3) is 0 Å². The number of rotatable bonds is 4. The number of carbonyl (C=O) groups excluding carboxylic acids is 1. The molecule has 0 saturated carbocycles. The lowest BCUT2D eigenvalue weighted by Crippen LogP contribution is -2.27. The first-order valence-electron chi connectivity index (χ1n) is 3.71. The average molecular weight is 175 g/mol. The quantitative estimate of drug-likeness (QED) is 0.607. The molecule has 65 valence electrons. The summed E-state index contributed by atoms with van der Waals surface area (Å²) in [7, 11) is 0.225. The van der Waals surface area contributed by atoms with Crippen molar-refractivity contribution >= 4 is 15.3 Å². The van der Waals surface area contributed by atoms with Crippen molar-refractivity contribution in [3.63, 3.8) is 0 Å². The van der Waals surface area contributed by atoms with Gasteiger partial charge in [0, 0.05) is 19.6 Å². The predicted molar refractivity (Wildman–Crippen MR) is 44.2 cm³/mol. The van der Waals surface area contributed by atoms with Crippen LogP contribution in [0.3, 0.4) is 0 Å². The molecule has 0 aromatic carbocycles. The maximum absolute atomic E-state index is 10.6. The van der Waals surface area contributed by atoms with E-state index in [1.807, 2.05) is 6.92 Å². The van der Waals surface area contributed by atoms with E-state index in [1.165, 1.54) is 6.92 Å². The van der Waals surface area contributed by atoms with Crippen LogP contribution in [-0.4, -0.2) is 22.4 Å². The zero-order chi connectivity index (χ0) is 8.85. The van der Waals surface area contributed by atoms with Gasteiger partial charge >= 0.3 is 9.28 Å². The summed E-state index contributed by atoms with van der Waals surface area (Å²) in [5, 5.41) is 0. The SMILES string of the molecule is CCC(C)[Si](OC)OC(C)=O. The van der Waals surface area contributed by atoms with E-state index in [-0.39, 0.29) is 5.97 Å². The zero-order valence-electron chi connectivity index (χ0n) is 7.51. The third-order valence-corrected chi connectivity index (χ3v) is 3.56. The zero-order valence-corrected chi connectivity index (χ0v) is 8.51. The Bertz CT molecular complexity index is 127. The molecule has 1 atom stereocenters. The van der Waals surface area contributed by atoms with Crippen molar-refractivity contribution in [2.24, 2.45) is 0 Å². The molecule has 0 rings (SSSR count). The molecule has 0 aliphatic rings. The highest BCUT2D eigenvalue weighted by atomic mass is 28.3. The lowest BCUT2D eigenvalue weighted by atomic mass is 10.4. The van der Waals surface area contributed by atoms with Crippen LogP contribution in [0.4, 0.5) is 0 Å². The maximum atomic E-state index is 10.6. The Labute approximate surface area is 69.5 Å². The van der Waals surface area contributed by atoms with E-state index >= 15 is 0 Å². The summed E-state index contributed by atoms with van der Waals surface area (Å²) in [6.45, 7) is 5.49. The molecule has 1 radical (unpaired) electrons. The topological polar surface area (TPSA) is 35.5 Å². The number of hydrogen-bond acceptors (Lipinski definition) is 3. The second-order valence-corrected chi connectivity index (χ2v) is 4.66. The molecule has 0 amide bonds. The molecule has 0 spiro atoms. The van der Waals surface area contributed by atoms with Crippen molar-refractivity contribution in [3.05, 3.63) is 0 Å². The molecule has 0 aromatic heterocycles. The fourth-order valence-corrected chi connectivity index (χ4v) is 1.96. The van der Waals surface area contributed by atoms with Gasteiger partial charge in [-0.05, 0) is 0 Å². The Morgan fingerprint density at radius 3 is 2.45 bits per heavy atom. The average Bonchev–Trinajstić information content (AvgIpc) is 1.98. The van der Waals surface area contributed by atoms with Gasteiger partial charge in [0.2, 0.25) is 0 Å². The van der Waals surface area contributed by atoms with Crippen LogP contribution in [0.15, 0.2) is 0 Å². The summed E-state index contributed by atoms with van der Waals surface area (Å²) >= 11 is 0. The van der Waals surface area contributed by atoms with Gasteiger partial charge in [-0.2, -0.15) is 0 Å². The van der Waals surface area contributed by atoms with Gasteiger partial charge in [0.15, 0.2) is 0 Å². The second-order valence-electron chi connectivity index (χ2n) is 2.43. The highest BCUT2D eigenvalue weighted by molar-refractivity contribution is 6.48. The molecular formula is C7H15O3Si. The van der Waals surface area contributed by atoms with E-state index in [0.717, 1.165) is 6.42 Å². The standard InChI is InChI=1S/C7H15O3Si/c1-5-6(2)11(9-4)10-7(3)8/h6H,5H2,1-4H3. The largest absolute Gasteiger partial charge is 0.492 e. The first kappa shape index (κ1) is 10.6. The van der Waals surface area contributed by atoms with Crippen LogP contribution < -0.4 is 0 Å². The lowest BCUT2D eigenvalue weighted by molar-refractivity contribution is -0.133. The van der Waals surface area contributed by atoms with Gasteiger partial charge in [-0.15, -0.1) is 0 Å². The summed E-state index contributed by atoms with van der Waals surface area (Å²) in [6, 6.07) is 0. The van der Waals surface area contributed by atoms with Crippen LogP contribution in [0.1, 0.15) is 27.2 Å². The summed E-state index contributed by atoms with van der Waals surface area (Å²) in [6.07, 6.45) is 0.982. The molecule has 0 N–H and O–H groups in total. The van der Waals surface area contributed by atoms with Gasteiger partial charge in [0.1, 0.15) is 0 Å². The van der Waals surface area contributed by atoms with Crippen LogP contribution in [0.2, 0.25) is 5.54 Å². The highest BCUT2D eigenvalue weighted by Gasteiger charge is 2.24. The van der Waals surface area contributed by atoms with Crippen molar-refractivity contribution in [1.29, 1.82) is 0 Å². The first-order chi connectivity index (χ1) is 5.11. The van der Waals surface area contributed by atoms with E-state index in [2.05, 4.69) is 6.92 Å². The molecule has 0 aromatic rings. The van der Waals surface area contributed by atoms with Gasteiger partial charge < -0.3 is 8.85 Å². The van der Waals surface area contributed by atoms with E-state index in [9.17, 15) is 4.79 Å². The van der Waals surface area contributed by atoms with Crippen molar-refractivity contribution in [3.8, 4) is 0 Å². The molecule has 11 heavy (non-hydrogen) atoms. The number of hydrogen-bond donors (Lipinski definition) is 0. The maximum Gasteiger partial charge on any atom is 0.462 e. The smallest absolute Gasteiger partial charge is 0.462 e. The third kappa shape index (κ3) is 4.16. The van der Waals surface area contributed by atoms with Crippen molar-refractivity contribution in [2.45, 2.75) is 32.7 Å². The van der Waals surface area contributed by atoms with Gasteiger partial charge in [0.05, 0.1) is 0 Å². The van der Waals surface area contributed by atoms with Gasteiger partial charge in [-0.3, -0.25) is 4.79 Å². The Kier molecular flexibility index (Phi) is 5.15. The second kappa shape index (κ2) is 5.32. The minimum Gasteiger partial charge on any atom is -0.492 e. The minimum atomic E-state index is -1.36. The molecule has 0 saturated heterocycles. The van der Waals surface area contributed by atoms with Crippen molar-refractivity contribution in [2.75, 3.05) is 7.11 Å². The van der Waals surface area contributed by atoms with Crippen LogP contribution >= 0.6 is 0 Å². The highest BCUT2D eigenvalue weighted by Crippen LogP contribution is 2.14. The predicted octanol–water partition coefficient (Wildman–Crippen LogP) is 1.48. The summed E-state index contributed by atoms with van der Waals surface area (Å²) in [5.74, 6) is -0.249. The van der Waals surface area contributed by atoms with Gasteiger partial charge in [-0.1, -0.05) is 20.3 Å². The molecule has 3 nitrogen and oxygen atoms in total. The lowest BCUT2D eigenvalue weighted by Gasteiger charge is -2.15. The fourth-order valence-electron chi connectivity index (χ4n) is 0.652. The molecule has 0 heterocycles. The van der Waals surface area contributed by atoms with E-state index in [4.69, 9.17) is 8.85 Å². The van der Waals surface area contributed by atoms with Crippen molar-refractivity contribution in [1.82, 2.24) is 0 Å². The molecule has 0 bridgehead atoms. The Morgan fingerprint density at radius 2 is 2.18 bits per heavy atom. The van der Waals surface area contributed by atoms with Crippen molar-refractivity contribution < 1.29 is 13.6 Å².